The third kappa shape index (κ3) is 2.75. The molecular weight excluding hydrogens is 490 g/mol. The van der Waals surface area contributed by atoms with Crippen molar-refractivity contribution in [1.82, 2.24) is 9.13 Å². The summed E-state index contributed by atoms with van der Waals surface area (Å²) in [6.45, 7) is 0. The molecule has 6 rings (SSSR count). The Labute approximate surface area is 197 Å². The first kappa shape index (κ1) is 21.6. The summed E-state index contributed by atoms with van der Waals surface area (Å²) in [6.07, 6.45) is 4.45. The van der Waals surface area contributed by atoms with Crippen LogP contribution in [0.3, 0.4) is 0 Å². The number of hydrogen-bond donors (Lipinski definition) is 0. The van der Waals surface area contributed by atoms with E-state index in [0.29, 0.717) is 7.25 Å². The predicted molar refractivity (Wildman–Crippen MR) is 113 cm³/mol. The fraction of sp³-hybridized carbons (Fsp3) is 0.160. The number of aryl methyl sites for hydroxylation is 2. The molecule has 0 bridgehead atoms. The van der Waals surface area contributed by atoms with Crippen LogP contribution < -0.4 is 24.8 Å². The van der Waals surface area contributed by atoms with E-state index in [2.05, 4.69) is 96.3 Å². The number of aromatic nitrogens is 2. The first-order valence-corrected chi connectivity index (χ1v) is 14.4. The first-order valence-electron chi connectivity index (χ1n) is 9.84. The number of hydrogen-bond acceptors (Lipinski definition) is 0. The summed E-state index contributed by atoms with van der Waals surface area (Å²) in [5.74, 6) is 0. The zero-order chi connectivity index (χ0) is 19.0. The Morgan fingerprint density at radius 3 is 1.47 bits per heavy atom. The van der Waals surface area contributed by atoms with E-state index in [4.69, 9.17) is 4.21 Å². The molecule has 2 heterocycles. The van der Waals surface area contributed by atoms with Crippen molar-refractivity contribution in [3.63, 3.8) is 0 Å². The van der Waals surface area contributed by atoms with E-state index in [1.54, 1.807) is 0 Å². The van der Waals surface area contributed by atoms with Crippen molar-refractivity contribution in [1.29, 1.82) is 0 Å². The normalized spacial score (nSPS) is 17.0. The zero-order valence-corrected chi connectivity index (χ0v) is 20.9. The Balaban J connectivity index is 0.00000109. The van der Waals surface area contributed by atoms with E-state index in [0.717, 1.165) is 0 Å². The van der Waals surface area contributed by atoms with Crippen LogP contribution in [-0.2, 0) is 35.4 Å². The summed E-state index contributed by atoms with van der Waals surface area (Å²) < 4.78 is 10.7. The van der Waals surface area contributed by atoms with Gasteiger partial charge in [-0.05, 0) is 0 Å². The molecule has 2 aromatic carbocycles. The zero-order valence-electron chi connectivity index (χ0n) is 16.9. The summed E-state index contributed by atoms with van der Waals surface area (Å²) in [5.41, 5.74) is 11.7. The van der Waals surface area contributed by atoms with E-state index in [-0.39, 0.29) is 24.8 Å². The molecule has 0 saturated heterocycles. The Kier molecular flexibility index (Phi) is 5.60. The third-order valence-electron chi connectivity index (χ3n) is 6.65. The van der Waals surface area contributed by atoms with Gasteiger partial charge in [-0.3, -0.25) is 0 Å². The predicted octanol–water partition coefficient (Wildman–Crippen LogP) is -0.738. The van der Waals surface area contributed by atoms with Gasteiger partial charge in [0.25, 0.3) is 0 Å². The van der Waals surface area contributed by atoms with E-state index in [9.17, 15) is 0 Å². The molecule has 4 aromatic rings. The maximum absolute atomic E-state index is 5.01. The molecule has 2 aliphatic carbocycles. The van der Waals surface area contributed by atoms with E-state index in [1.807, 2.05) is 0 Å². The molecule has 0 spiro atoms. The van der Waals surface area contributed by atoms with Crippen molar-refractivity contribution in [2.24, 2.45) is 14.1 Å². The third-order valence-corrected chi connectivity index (χ3v) is 13.2. The van der Waals surface area contributed by atoms with Crippen molar-refractivity contribution < 1.29 is 46.1 Å². The second-order valence-corrected chi connectivity index (χ2v) is 13.7. The van der Waals surface area contributed by atoms with E-state index in [1.165, 1.54) is 44.8 Å². The van der Waals surface area contributed by atoms with Gasteiger partial charge >= 0.3 is 174 Å². The minimum absolute atomic E-state index is 0. The van der Waals surface area contributed by atoms with Crippen molar-refractivity contribution in [2.75, 3.05) is 0 Å². The van der Waals surface area contributed by atoms with Gasteiger partial charge in [0.15, 0.2) is 0 Å². The van der Waals surface area contributed by atoms with Gasteiger partial charge in [-0.1, -0.05) is 0 Å². The van der Waals surface area contributed by atoms with Crippen LogP contribution in [0.1, 0.15) is 29.8 Å². The van der Waals surface area contributed by atoms with Gasteiger partial charge in [0.05, 0.1) is 0 Å². The summed E-state index contributed by atoms with van der Waals surface area (Å²) in [4.78, 5) is 0. The molecule has 150 valence electrons. The van der Waals surface area contributed by atoms with E-state index < -0.39 is 21.3 Å². The number of benzene rings is 2. The Morgan fingerprint density at radius 2 is 1.03 bits per heavy atom. The van der Waals surface area contributed by atoms with Crippen molar-refractivity contribution in [3.8, 4) is 22.3 Å². The van der Waals surface area contributed by atoms with Crippen molar-refractivity contribution >= 4 is 4.21 Å². The maximum atomic E-state index is 5.01. The number of fused-ring (bicyclic) bond motifs is 6. The Bertz CT molecular complexity index is 1190. The molecule has 2 aromatic heterocycles. The molecule has 2 nitrogen and oxygen atoms in total. The van der Waals surface area contributed by atoms with Gasteiger partial charge in [-0.2, -0.15) is 0 Å². The van der Waals surface area contributed by atoms with Crippen LogP contribution in [0.4, 0.5) is 0 Å². The topological polar surface area (TPSA) is 9.86 Å². The molecule has 2 unspecified atom stereocenters. The first-order chi connectivity index (χ1) is 13.7. The summed E-state index contributed by atoms with van der Waals surface area (Å²) in [6, 6.07) is 22.6. The second kappa shape index (κ2) is 7.79. The fourth-order valence-corrected chi connectivity index (χ4v) is 13.0. The van der Waals surface area contributed by atoms with Gasteiger partial charge in [0.2, 0.25) is 0 Å². The minimum Gasteiger partial charge on any atom is -1.00 e. The van der Waals surface area contributed by atoms with Crippen molar-refractivity contribution in [2.45, 2.75) is 7.25 Å². The molecule has 0 aliphatic heterocycles. The van der Waals surface area contributed by atoms with Gasteiger partial charge in [0.1, 0.15) is 0 Å². The molecule has 0 saturated carbocycles. The Morgan fingerprint density at radius 1 is 0.633 bits per heavy atom. The largest absolute Gasteiger partial charge is 1.00 e. The average molecular weight is 513 g/mol. The smallest absolute Gasteiger partial charge is 1.00 e. The molecule has 2 aliphatic rings. The van der Waals surface area contributed by atoms with Crippen LogP contribution in [0.2, 0.25) is 0 Å². The maximum Gasteiger partial charge on any atom is -1.00 e. The molecular formula is C25H22Cl2N2Zr. The van der Waals surface area contributed by atoms with Crippen molar-refractivity contribution in [3.05, 3.63) is 95.6 Å². The van der Waals surface area contributed by atoms with Crippen LogP contribution in [0, 0.1) is 0 Å². The van der Waals surface area contributed by atoms with E-state index >= 15 is 0 Å². The van der Waals surface area contributed by atoms with Crippen LogP contribution in [0.25, 0.3) is 22.3 Å². The molecule has 2 atom stereocenters. The van der Waals surface area contributed by atoms with Crippen LogP contribution in [0.15, 0.2) is 73.1 Å². The second-order valence-electron chi connectivity index (χ2n) is 8.07. The van der Waals surface area contributed by atoms with Crippen LogP contribution in [0.5, 0.6) is 0 Å². The van der Waals surface area contributed by atoms with Gasteiger partial charge in [0, 0.05) is 0 Å². The molecule has 0 fully saturated rings. The monoisotopic (exact) mass is 510 g/mol. The molecule has 5 heteroatoms. The standard InChI is InChI=1S/2C12H10N.CH2.2ClH.Zr/c2*1-13-7-6-11-10-5-3-2-4-9(10)8-12(11)13;;;;/h2*2-8H,1H3;1H2;2*1H;/q;;;;;+2/p-2. The Hall–Kier alpha value is -1.67. The van der Waals surface area contributed by atoms with Gasteiger partial charge < -0.3 is 24.8 Å². The molecule has 0 amide bonds. The minimum atomic E-state index is -2.26. The number of rotatable bonds is 2. The van der Waals surface area contributed by atoms with Crippen LogP contribution >= 0.6 is 0 Å². The molecule has 30 heavy (non-hydrogen) atoms. The summed E-state index contributed by atoms with van der Waals surface area (Å²) >= 11 is -2.26. The molecule has 0 N–H and O–H groups in total. The van der Waals surface area contributed by atoms with Gasteiger partial charge in [-0.15, -0.1) is 0 Å². The SMILES string of the molecule is [CH2]=[Zr+2]([CH]1c2ccccc2-c2ccn(C)c21)[CH]1c2ccccc2-c2ccn(C)c21.[Cl-].[Cl-]. The number of halogens is 2. The van der Waals surface area contributed by atoms with Crippen LogP contribution in [-0.4, -0.2) is 13.3 Å². The average Bonchev–Trinajstić information content (AvgIpc) is 3.43. The summed E-state index contributed by atoms with van der Waals surface area (Å²) in [7, 11) is 4.40. The summed E-state index contributed by atoms with van der Waals surface area (Å²) in [5, 5.41) is 0. The quantitative estimate of drug-likeness (QED) is 0.335. The fourth-order valence-electron chi connectivity index (χ4n) is 5.46. The molecule has 0 radical (unpaired) electrons. The number of nitrogens with zero attached hydrogens (tertiary/aromatic N) is 2. The van der Waals surface area contributed by atoms with Gasteiger partial charge in [-0.25, -0.2) is 0 Å².